The number of aliphatic hydroxyl groups is 4. The van der Waals surface area contributed by atoms with Crippen LogP contribution in [0.3, 0.4) is 0 Å². The Bertz CT molecular complexity index is 239. The van der Waals surface area contributed by atoms with Crippen LogP contribution in [-0.2, 0) is 0 Å². The molecule has 0 aromatic rings. The zero-order valence-electron chi connectivity index (χ0n) is 12.3. The van der Waals surface area contributed by atoms with Crippen molar-refractivity contribution >= 4 is 0 Å². The molecule has 0 saturated carbocycles. The molecule has 0 aliphatic carbocycles. The van der Waals surface area contributed by atoms with Gasteiger partial charge in [-0.25, -0.2) is 0 Å². The van der Waals surface area contributed by atoms with E-state index in [-0.39, 0.29) is 24.3 Å². The van der Waals surface area contributed by atoms with Crippen molar-refractivity contribution in [3.05, 3.63) is 0 Å². The predicted molar refractivity (Wildman–Crippen MR) is 69.9 cm³/mol. The molecule has 0 aromatic carbocycles. The first-order chi connectivity index (χ1) is 8.03. The molecular weight excluding hydrogens is 236 g/mol. The molecule has 0 radical (unpaired) electrons. The lowest BCUT2D eigenvalue weighted by atomic mass is 9.97. The van der Waals surface area contributed by atoms with Gasteiger partial charge < -0.3 is 29.4 Å². The summed E-state index contributed by atoms with van der Waals surface area (Å²) < 4.78 is 0.795. The fourth-order valence-corrected chi connectivity index (χ4v) is 2.13. The van der Waals surface area contributed by atoms with Gasteiger partial charge in [-0.3, -0.25) is 0 Å². The first kappa shape index (κ1) is 17.8. The number of aliphatic hydroxyl groups excluding tert-OH is 4. The van der Waals surface area contributed by atoms with Gasteiger partial charge in [-0.2, -0.15) is 0 Å². The van der Waals surface area contributed by atoms with Crippen molar-refractivity contribution in [1.82, 2.24) is 0 Å². The summed E-state index contributed by atoms with van der Waals surface area (Å²) in [4.78, 5) is 0. The Labute approximate surface area is 110 Å². The van der Waals surface area contributed by atoms with Crippen molar-refractivity contribution in [3.63, 3.8) is 0 Å². The number of likely N-dealkylation sites (N-methyl/N-ethyl adjacent to an activating group) is 2. The summed E-state index contributed by atoms with van der Waals surface area (Å²) in [5.41, 5.74) is -1.04. The second-order valence-corrected chi connectivity index (χ2v) is 6.69. The van der Waals surface area contributed by atoms with Gasteiger partial charge in [0.25, 0.3) is 0 Å². The predicted octanol–water partition coefficient (Wildman–Crippen LogP) is -2.15. The molecule has 1 atom stereocenters. The first-order valence-corrected chi connectivity index (χ1v) is 6.18. The molecule has 6 nitrogen and oxygen atoms in total. The molecule has 0 rings (SSSR count). The number of quaternary nitrogens is 2. The third-order valence-electron chi connectivity index (χ3n) is 3.59. The Morgan fingerprint density at radius 3 is 1.50 bits per heavy atom. The maximum atomic E-state index is 10.1. The van der Waals surface area contributed by atoms with Gasteiger partial charge in [0.1, 0.15) is 32.9 Å². The zero-order valence-corrected chi connectivity index (χ0v) is 12.3. The zero-order chi connectivity index (χ0) is 14.6. The van der Waals surface area contributed by atoms with Crippen LogP contribution in [0.15, 0.2) is 0 Å². The lowest BCUT2D eigenvalue weighted by Gasteiger charge is -2.46. The van der Waals surface area contributed by atoms with E-state index in [0.717, 1.165) is 0 Å². The fourth-order valence-electron chi connectivity index (χ4n) is 2.13. The van der Waals surface area contributed by atoms with E-state index in [1.807, 2.05) is 21.1 Å². The Morgan fingerprint density at radius 1 is 0.833 bits per heavy atom. The van der Waals surface area contributed by atoms with Crippen molar-refractivity contribution in [2.75, 3.05) is 68.1 Å². The molecule has 0 aromatic heterocycles. The quantitative estimate of drug-likeness (QED) is 0.378. The standard InChI is InChI=1S/C12H30N2O4/c1-13(2,3)6-11(18)7-14(4,5)12(8-15,9-16)10-17/h11,15-18H,6-10H2,1-5H3/q+2. The summed E-state index contributed by atoms with van der Waals surface area (Å²) >= 11 is 0. The largest absolute Gasteiger partial charge is 0.390 e. The number of hydrogen-bond donors (Lipinski definition) is 4. The summed E-state index contributed by atoms with van der Waals surface area (Å²) in [5, 5.41) is 38.4. The molecule has 18 heavy (non-hydrogen) atoms. The van der Waals surface area contributed by atoms with Gasteiger partial charge in [0.15, 0.2) is 11.6 Å². The van der Waals surface area contributed by atoms with Crippen LogP contribution < -0.4 is 0 Å². The third-order valence-corrected chi connectivity index (χ3v) is 3.59. The van der Waals surface area contributed by atoms with Crippen LogP contribution in [0.5, 0.6) is 0 Å². The molecule has 0 aliphatic rings. The van der Waals surface area contributed by atoms with Gasteiger partial charge in [-0.1, -0.05) is 0 Å². The van der Waals surface area contributed by atoms with Crippen LogP contribution in [0, 0.1) is 0 Å². The highest BCUT2D eigenvalue weighted by Gasteiger charge is 2.46. The van der Waals surface area contributed by atoms with Crippen LogP contribution in [0.25, 0.3) is 0 Å². The molecule has 4 N–H and O–H groups in total. The maximum absolute atomic E-state index is 10.1. The smallest absolute Gasteiger partial charge is 0.169 e. The van der Waals surface area contributed by atoms with E-state index < -0.39 is 11.6 Å². The SMILES string of the molecule is C[N+](C)(C)CC(O)C[N+](C)(C)C(CO)(CO)CO. The van der Waals surface area contributed by atoms with Gasteiger partial charge in [0.05, 0.1) is 35.2 Å². The summed E-state index contributed by atoms with van der Waals surface area (Å²) in [6, 6.07) is 0. The van der Waals surface area contributed by atoms with Crippen LogP contribution in [-0.4, -0.2) is 109 Å². The van der Waals surface area contributed by atoms with Crippen molar-refractivity contribution < 1.29 is 29.4 Å². The summed E-state index contributed by atoms with van der Waals surface area (Å²) in [7, 11) is 9.55. The minimum absolute atomic E-state index is 0.164. The van der Waals surface area contributed by atoms with Crippen molar-refractivity contribution in [2.45, 2.75) is 11.6 Å². The minimum atomic E-state index is -1.04. The van der Waals surface area contributed by atoms with Gasteiger partial charge in [-0.05, 0) is 0 Å². The average molecular weight is 266 g/mol. The van der Waals surface area contributed by atoms with E-state index in [1.54, 1.807) is 14.1 Å². The molecule has 1 unspecified atom stereocenters. The van der Waals surface area contributed by atoms with E-state index in [9.17, 15) is 20.4 Å². The van der Waals surface area contributed by atoms with Crippen molar-refractivity contribution in [2.24, 2.45) is 0 Å². The molecular formula is C12H30N2O4+2. The molecule has 110 valence electrons. The number of hydrogen-bond acceptors (Lipinski definition) is 4. The van der Waals surface area contributed by atoms with Crippen LogP contribution in [0.1, 0.15) is 0 Å². The minimum Gasteiger partial charge on any atom is -0.390 e. The molecule has 0 heterocycles. The van der Waals surface area contributed by atoms with Crippen LogP contribution in [0.2, 0.25) is 0 Å². The lowest BCUT2D eigenvalue weighted by Crippen LogP contribution is -2.68. The molecule has 0 amide bonds. The molecule has 6 heteroatoms. The second kappa shape index (κ2) is 6.27. The Morgan fingerprint density at radius 2 is 1.22 bits per heavy atom. The topological polar surface area (TPSA) is 80.9 Å². The monoisotopic (exact) mass is 266 g/mol. The van der Waals surface area contributed by atoms with Crippen LogP contribution in [0.4, 0.5) is 0 Å². The normalized spacial score (nSPS) is 15.8. The van der Waals surface area contributed by atoms with Gasteiger partial charge in [0.2, 0.25) is 0 Å². The summed E-state index contributed by atoms with van der Waals surface area (Å²) in [6.07, 6.45) is -0.566. The molecule has 0 bridgehead atoms. The lowest BCUT2D eigenvalue weighted by molar-refractivity contribution is -0.951. The molecule has 0 aliphatic heterocycles. The third kappa shape index (κ3) is 4.46. The van der Waals surface area contributed by atoms with E-state index in [2.05, 4.69) is 0 Å². The number of rotatable bonds is 8. The fraction of sp³-hybridized carbons (Fsp3) is 1.00. The highest BCUT2D eigenvalue weighted by molar-refractivity contribution is 4.79. The maximum Gasteiger partial charge on any atom is 0.169 e. The first-order valence-electron chi connectivity index (χ1n) is 6.18. The Balaban J connectivity index is 4.82. The molecule has 0 spiro atoms. The van der Waals surface area contributed by atoms with Gasteiger partial charge in [-0.15, -0.1) is 0 Å². The van der Waals surface area contributed by atoms with E-state index in [1.165, 1.54) is 0 Å². The van der Waals surface area contributed by atoms with E-state index in [0.29, 0.717) is 17.6 Å². The van der Waals surface area contributed by atoms with Gasteiger partial charge in [0, 0.05) is 0 Å². The van der Waals surface area contributed by atoms with Crippen molar-refractivity contribution in [3.8, 4) is 0 Å². The van der Waals surface area contributed by atoms with Crippen LogP contribution >= 0.6 is 0 Å². The Hall–Kier alpha value is -0.240. The van der Waals surface area contributed by atoms with E-state index >= 15 is 0 Å². The van der Waals surface area contributed by atoms with Crippen molar-refractivity contribution in [1.29, 1.82) is 0 Å². The van der Waals surface area contributed by atoms with E-state index in [4.69, 9.17) is 0 Å². The molecule has 0 saturated heterocycles. The highest BCUT2D eigenvalue weighted by Crippen LogP contribution is 2.21. The summed E-state index contributed by atoms with van der Waals surface area (Å²) in [5.74, 6) is 0. The second-order valence-electron chi connectivity index (χ2n) is 6.69. The van der Waals surface area contributed by atoms with Gasteiger partial charge >= 0.3 is 0 Å². The number of nitrogens with zero attached hydrogens (tertiary/aromatic N) is 2. The molecule has 0 fully saturated rings. The summed E-state index contributed by atoms with van der Waals surface area (Å²) in [6.45, 7) is -0.0600. The Kier molecular flexibility index (Phi) is 6.19. The average Bonchev–Trinajstić information content (AvgIpc) is 2.16. The highest BCUT2D eigenvalue weighted by atomic mass is 16.3.